The Morgan fingerprint density at radius 3 is 2.89 bits per heavy atom. The third-order valence-electron chi connectivity index (χ3n) is 2.11. The van der Waals surface area contributed by atoms with Crippen molar-refractivity contribution in [2.75, 3.05) is 13.1 Å². The lowest BCUT2D eigenvalue weighted by molar-refractivity contribution is 0.0691. The fraction of sp³-hybridized carbons (Fsp3) is 0.364. The molecular weight excluding hydrogens is 254 g/mol. The maximum atomic E-state index is 11.7. The smallest absolute Gasteiger partial charge is 0.355 e. The normalized spacial score (nSPS) is 9.56. The molecule has 0 unspecified atom stereocenters. The van der Waals surface area contributed by atoms with E-state index in [2.05, 4.69) is 16.2 Å². The van der Waals surface area contributed by atoms with Crippen molar-refractivity contribution in [3.05, 3.63) is 16.1 Å². The van der Waals surface area contributed by atoms with Crippen molar-refractivity contribution < 1.29 is 14.7 Å². The highest BCUT2D eigenvalue weighted by atomic mass is 32.1. The van der Waals surface area contributed by atoms with Gasteiger partial charge in [0.05, 0.1) is 13.1 Å². The Bertz CT molecular complexity index is 478. The molecule has 0 saturated heterocycles. The van der Waals surface area contributed by atoms with Crippen LogP contribution in [0.4, 0.5) is 4.79 Å². The second-order valence-corrected chi connectivity index (χ2v) is 4.25. The lowest BCUT2D eigenvalue weighted by atomic mass is 10.5. The summed E-state index contributed by atoms with van der Waals surface area (Å²) in [5, 5.41) is 13.3. The van der Waals surface area contributed by atoms with Crippen LogP contribution in [0.15, 0.2) is 5.38 Å². The van der Waals surface area contributed by atoms with Crippen LogP contribution >= 0.6 is 11.3 Å². The van der Waals surface area contributed by atoms with Gasteiger partial charge in [-0.25, -0.2) is 14.6 Å². The molecule has 1 aromatic rings. The molecule has 0 bridgehead atoms. The second kappa shape index (κ2) is 6.61. The van der Waals surface area contributed by atoms with Crippen LogP contribution in [-0.4, -0.2) is 40.1 Å². The third-order valence-corrected chi connectivity index (χ3v) is 2.96. The van der Waals surface area contributed by atoms with Gasteiger partial charge in [0.25, 0.3) is 0 Å². The summed E-state index contributed by atoms with van der Waals surface area (Å²) in [7, 11) is 0. The highest BCUT2D eigenvalue weighted by Crippen LogP contribution is 2.09. The Labute approximate surface area is 109 Å². The summed E-state index contributed by atoms with van der Waals surface area (Å²) in [4.78, 5) is 27.6. The first kappa shape index (κ1) is 14.0. The summed E-state index contributed by atoms with van der Waals surface area (Å²) in [6.45, 7) is 2.76. The maximum Gasteiger partial charge on any atom is 0.355 e. The second-order valence-electron chi connectivity index (χ2n) is 3.31. The van der Waals surface area contributed by atoms with E-state index >= 15 is 0 Å². The van der Waals surface area contributed by atoms with E-state index in [1.54, 1.807) is 0 Å². The molecule has 0 aromatic carbocycles. The number of aromatic carboxylic acids is 1. The molecule has 0 saturated carbocycles. The van der Waals surface area contributed by atoms with Crippen LogP contribution in [0.1, 0.15) is 22.4 Å². The average Bonchev–Trinajstić information content (AvgIpc) is 2.82. The van der Waals surface area contributed by atoms with Crippen molar-refractivity contribution in [2.24, 2.45) is 0 Å². The summed E-state index contributed by atoms with van der Waals surface area (Å²) in [6.07, 6.45) is 5.14. The number of urea groups is 1. The Kier molecular flexibility index (Phi) is 5.14. The van der Waals surface area contributed by atoms with Crippen LogP contribution < -0.4 is 5.32 Å². The first-order chi connectivity index (χ1) is 8.58. The van der Waals surface area contributed by atoms with Gasteiger partial charge in [-0.3, -0.25) is 0 Å². The zero-order valence-electron chi connectivity index (χ0n) is 9.84. The van der Waals surface area contributed by atoms with Crippen molar-refractivity contribution in [1.29, 1.82) is 0 Å². The van der Waals surface area contributed by atoms with E-state index in [1.165, 1.54) is 21.6 Å². The van der Waals surface area contributed by atoms with Crippen LogP contribution in [0.5, 0.6) is 0 Å². The Morgan fingerprint density at radius 1 is 1.67 bits per heavy atom. The zero-order chi connectivity index (χ0) is 13.5. The third kappa shape index (κ3) is 3.75. The summed E-state index contributed by atoms with van der Waals surface area (Å²) in [5.41, 5.74) is -0.0137. The molecule has 96 valence electrons. The van der Waals surface area contributed by atoms with Crippen molar-refractivity contribution in [2.45, 2.75) is 13.5 Å². The fourth-order valence-electron chi connectivity index (χ4n) is 1.19. The molecule has 0 atom stereocenters. The number of thiazole rings is 1. The van der Waals surface area contributed by atoms with Crippen molar-refractivity contribution >= 4 is 23.3 Å². The number of aromatic nitrogens is 1. The topological polar surface area (TPSA) is 82.5 Å². The van der Waals surface area contributed by atoms with Crippen LogP contribution in [0.3, 0.4) is 0 Å². The number of carboxylic acid groups (broad SMARTS) is 1. The monoisotopic (exact) mass is 267 g/mol. The summed E-state index contributed by atoms with van der Waals surface area (Å²) >= 11 is 1.19. The Balaban J connectivity index is 2.51. The average molecular weight is 267 g/mol. The maximum absolute atomic E-state index is 11.7. The summed E-state index contributed by atoms with van der Waals surface area (Å²) < 4.78 is 0. The first-order valence-electron chi connectivity index (χ1n) is 5.22. The number of hydrogen-bond donors (Lipinski definition) is 2. The minimum atomic E-state index is -1.08. The Hall–Kier alpha value is -2.07. The standard InChI is InChI=1S/C11H13N3O3S/c1-3-5-14(4-2)11(17)12-6-9-13-8(7-18-9)10(15)16/h1,7H,4-6H2,2H3,(H,12,17)(H,15,16). The van der Waals surface area contributed by atoms with Crippen LogP contribution in [0, 0.1) is 12.3 Å². The molecular formula is C11H13N3O3S. The number of carboxylic acids is 1. The van der Waals surface area contributed by atoms with Gasteiger partial charge in [0.15, 0.2) is 5.69 Å². The number of carbonyl (C=O) groups excluding carboxylic acids is 1. The van der Waals surface area contributed by atoms with Crippen molar-refractivity contribution in [3.8, 4) is 12.3 Å². The number of terminal acetylenes is 1. The highest BCUT2D eigenvalue weighted by molar-refractivity contribution is 7.09. The van der Waals surface area contributed by atoms with E-state index in [0.717, 1.165) is 0 Å². The molecule has 0 aliphatic heterocycles. The van der Waals surface area contributed by atoms with Crippen molar-refractivity contribution in [3.63, 3.8) is 0 Å². The van der Waals surface area contributed by atoms with Crippen LogP contribution in [-0.2, 0) is 6.54 Å². The first-order valence-corrected chi connectivity index (χ1v) is 6.10. The minimum Gasteiger partial charge on any atom is -0.476 e. The summed E-state index contributed by atoms with van der Waals surface area (Å²) in [6, 6.07) is -0.289. The molecule has 2 N–H and O–H groups in total. The van der Waals surface area contributed by atoms with Crippen molar-refractivity contribution in [1.82, 2.24) is 15.2 Å². The van der Waals surface area contributed by atoms with E-state index in [4.69, 9.17) is 11.5 Å². The van der Waals surface area contributed by atoms with Gasteiger partial charge in [0.2, 0.25) is 0 Å². The predicted molar refractivity (Wildman–Crippen MR) is 67.4 cm³/mol. The van der Waals surface area contributed by atoms with Gasteiger partial charge >= 0.3 is 12.0 Å². The van der Waals surface area contributed by atoms with Gasteiger partial charge in [0.1, 0.15) is 5.01 Å². The minimum absolute atomic E-state index is 0.0137. The quantitative estimate of drug-likeness (QED) is 0.780. The number of nitrogens with one attached hydrogen (secondary N) is 1. The molecule has 1 heterocycles. The zero-order valence-corrected chi connectivity index (χ0v) is 10.7. The van der Waals surface area contributed by atoms with E-state index in [9.17, 15) is 9.59 Å². The van der Waals surface area contributed by atoms with E-state index in [-0.39, 0.29) is 24.8 Å². The predicted octanol–water partition coefficient (Wildman–Crippen LogP) is 1.01. The Morgan fingerprint density at radius 2 is 2.39 bits per heavy atom. The molecule has 1 aromatic heterocycles. The molecule has 0 aliphatic rings. The highest BCUT2D eigenvalue weighted by Gasteiger charge is 2.12. The van der Waals surface area contributed by atoms with E-state index in [1.807, 2.05) is 6.92 Å². The molecule has 1 rings (SSSR count). The molecule has 6 nitrogen and oxygen atoms in total. The number of amides is 2. The van der Waals surface area contributed by atoms with Gasteiger partial charge in [-0.2, -0.15) is 0 Å². The molecule has 0 aliphatic carbocycles. The molecule has 18 heavy (non-hydrogen) atoms. The largest absolute Gasteiger partial charge is 0.476 e. The van der Waals surface area contributed by atoms with Gasteiger partial charge in [-0.1, -0.05) is 5.92 Å². The molecule has 0 fully saturated rings. The lowest BCUT2D eigenvalue weighted by Gasteiger charge is -2.17. The molecule has 2 amide bonds. The molecule has 0 spiro atoms. The number of carbonyl (C=O) groups is 2. The lowest BCUT2D eigenvalue weighted by Crippen LogP contribution is -2.39. The number of hydrogen-bond acceptors (Lipinski definition) is 4. The van der Waals surface area contributed by atoms with Gasteiger partial charge in [-0.15, -0.1) is 17.8 Å². The molecule has 0 radical (unpaired) electrons. The van der Waals surface area contributed by atoms with E-state index in [0.29, 0.717) is 11.6 Å². The van der Waals surface area contributed by atoms with Crippen LogP contribution in [0.25, 0.3) is 0 Å². The van der Waals surface area contributed by atoms with Crippen LogP contribution in [0.2, 0.25) is 0 Å². The fourth-order valence-corrected chi connectivity index (χ4v) is 1.90. The molecule has 7 heteroatoms. The van der Waals surface area contributed by atoms with Gasteiger partial charge in [-0.05, 0) is 6.92 Å². The summed E-state index contributed by atoms with van der Waals surface area (Å²) in [5.74, 6) is 1.31. The van der Waals surface area contributed by atoms with Gasteiger partial charge in [0, 0.05) is 11.9 Å². The number of rotatable bonds is 5. The van der Waals surface area contributed by atoms with E-state index < -0.39 is 5.97 Å². The number of nitrogens with zero attached hydrogens (tertiary/aromatic N) is 2. The SMILES string of the molecule is C#CCN(CC)C(=O)NCc1nc(C(=O)O)cs1. The van der Waals surface area contributed by atoms with Gasteiger partial charge < -0.3 is 15.3 Å².